The summed E-state index contributed by atoms with van der Waals surface area (Å²) in [6.45, 7) is 4.91. The number of nitrogens with zero attached hydrogens (tertiary/aromatic N) is 1. The second-order valence-electron chi connectivity index (χ2n) is 6.05. The molecule has 3 aromatic rings. The van der Waals surface area contributed by atoms with Gasteiger partial charge in [-0.1, -0.05) is 42.5 Å². The standard InChI is InChI=1S/C22H22N2O3/c1-3-24(4-2)22(26)27-18-12-7-11-17(15-18)21(25)23-20-14-8-10-16-9-5-6-13-19(16)20/h5-15H,3-4H2,1-2H3,(H,23,25). The molecule has 0 bridgehead atoms. The van der Waals surface area contributed by atoms with Crippen LogP contribution in [0.1, 0.15) is 24.2 Å². The maximum atomic E-state index is 12.7. The Morgan fingerprint density at radius 2 is 1.63 bits per heavy atom. The van der Waals surface area contributed by atoms with Crippen molar-refractivity contribution in [3.63, 3.8) is 0 Å². The van der Waals surface area contributed by atoms with Gasteiger partial charge in [0.1, 0.15) is 5.75 Å². The summed E-state index contributed by atoms with van der Waals surface area (Å²) in [5, 5.41) is 4.96. The van der Waals surface area contributed by atoms with Gasteiger partial charge in [-0.05, 0) is 43.5 Å². The molecule has 0 aromatic heterocycles. The highest BCUT2D eigenvalue weighted by molar-refractivity contribution is 6.09. The number of rotatable bonds is 5. The van der Waals surface area contributed by atoms with Crippen molar-refractivity contribution in [1.82, 2.24) is 4.90 Å². The fraction of sp³-hybridized carbons (Fsp3) is 0.182. The fourth-order valence-electron chi connectivity index (χ4n) is 2.88. The number of fused-ring (bicyclic) bond motifs is 1. The molecule has 0 heterocycles. The summed E-state index contributed by atoms with van der Waals surface area (Å²) < 4.78 is 5.38. The molecule has 3 aromatic carbocycles. The first-order valence-corrected chi connectivity index (χ1v) is 8.98. The lowest BCUT2D eigenvalue weighted by molar-refractivity contribution is 0.102. The zero-order chi connectivity index (χ0) is 19.2. The Labute approximate surface area is 158 Å². The number of hydrogen-bond acceptors (Lipinski definition) is 3. The van der Waals surface area contributed by atoms with Crippen molar-refractivity contribution in [1.29, 1.82) is 0 Å². The van der Waals surface area contributed by atoms with Crippen LogP contribution in [0.5, 0.6) is 5.75 Å². The molecular weight excluding hydrogens is 340 g/mol. The lowest BCUT2D eigenvalue weighted by Gasteiger charge is -2.18. The van der Waals surface area contributed by atoms with Gasteiger partial charge in [0, 0.05) is 29.7 Å². The molecule has 2 amide bonds. The maximum absolute atomic E-state index is 12.7. The smallest absolute Gasteiger partial charge is 0.410 e. The van der Waals surface area contributed by atoms with Gasteiger partial charge in [-0.15, -0.1) is 0 Å². The maximum Gasteiger partial charge on any atom is 0.415 e. The second-order valence-corrected chi connectivity index (χ2v) is 6.05. The van der Waals surface area contributed by atoms with Crippen molar-refractivity contribution in [3.05, 3.63) is 72.3 Å². The van der Waals surface area contributed by atoms with Crippen LogP contribution in [0, 0.1) is 0 Å². The molecule has 0 radical (unpaired) electrons. The van der Waals surface area contributed by atoms with Gasteiger partial charge in [0.05, 0.1) is 0 Å². The van der Waals surface area contributed by atoms with E-state index in [1.807, 2.05) is 56.3 Å². The molecule has 27 heavy (non-hydrogen) atoms. The van der Waals surface area contributed by atoms with Gasteiger partial charge < -0.3 is 15.0 Å². The number of ether oxygens (including phenoxy) is 1. The summed E-state index contributed by atoms with van der Waals surface area (Å²) in [4.78, 5) is 26.3. The van der Waals surface area contributed by atoms with Crippen molar-refractivity contribution >= 4 is 28.5 Å². The molecule has 0 unspecified atom stereocenters. The molecule has 5 heteroatoms. The summed E-state index contributed by atoms with van der Waals surface area (Å²) in [5.41, 5.74) is 1.16. The third kappa shape index (κ3) is 4.26. The number of carbonyl (C=O) groups is 2. The molecule has 138 valence electrons. The topological polar surface area (TPSA) is 58.6 Å². The van der Waals surface area contributed by atoms with Crippen LogP contribution in [0.2, 0.25) is 0 Å². The highest BCUT2D eigenvalue weighted by Crippen LogP contribution is 2.24. The molecule has 0 aliphatic carbocycles. The third-order valence-corrected chi connectivity index (χ3v) is 4.36. The molecular formula is C22H22N2O3. The normalized spacial score (nSPS) is 10.4. The number of hydrogen-bond donors (Lipinski definition) is 1. The molecule has 1 N–H and O–H groups in total. The Balaban J connectivity index is 1.78. The van der Waals surface area contributed by atoms with E-state index in [4.69, 9.17) is 4.74 Å². The van der Waals surface area contributed by atoms with E-state index in [2.05, 4.69) is 5.32 Å². The molecule has 0 aliphatic rings. The molecule has 5 nitrogen and oxygen atoms in total. The quantitative estimate of drug-likeness (QED) is 0.700. The first-order valence-electron chi connectivity index (χ1n) is 8.98. The van der Waals surface area contributed by atoms with Crippen LogP contribution >= 0.6 is 0 Å². The third-order valence-electron chi connectivity index (χ3n) is 4.36. The van der Waals surface area contributed by atoms with Crippen LogP contribution < -0.4 is 10.1 Å². The van der Waals surface area contributed by atoms with Crippen molar-refractivity contribution < 1.29 is 14.3 Å². The van der Waals surface area contributed by atoms with E-state index in [0.717, 1.165) is 16.5 Å². The van der Waals surface area contributed by atoms with Gasteiger partial charge in [-0.25, -0.2) is 4.79 Å². The number of anilines is 1. The van der Waals surface area contributed by atoms with Crippen LogP contribution in [-0.2, 0) is 0 Å². The molecule has 0 fully saturated rings. The van der Waals surface area contributed by atoms with Crippen molar-refractivity contribution in [2.75, 3.05) is 18.4 Å². The van der Waals surface area contributed by atoms with Gasteiger partial charge in [-0.3, -0.25) is 4.79 Å². The number of carbonyl (C=O) groups excluding carboxylic acids is 2. The number of amides is 2. The molecule has 0 saturated carbocycles. The Kier molecular flexibility index (Phi) is 5.71. The fourth-order valence-corrected chi connectivity index (χ4v) is 2.88. The lowest BCUT2D eigenvalue weighted by Crippen LogP contribution is -2.33. The van der Waals surface area contributed by atoms with E-state index in [9.17, 15) is 9.59 Å². The van der Waals surface area contributed by atoms with E-state index in [1.165, 1.54) is 0 Å². The summed E-state index contributed by atoms with van der Waals surface area (Å²) in [7, 11) is 0. The second kappa shape index (κ2) is 8.36. The van der Waals surface area contributed by atoms with E-state index in [0.29, 0.717) is 24.4 Å². The van der Waals surface area contributed by atoms with Crippen molar-refractivity contribution in [2.45, 2.75) is 13.8 Å². The van der Waals surface area contributed by atoms with Crippen LogP contribution in [-0.4, -0.2) is 30.0 Å². The highest BCUT2D eigenvalue weighted by atomic mass is 16.6. The average molecular weight is 362 g/mol. The Morgan fingerprint density at radius 3 is 2.41 bits per heavy atom. The van der Waals surface area contributed by atoms with Gasteiger partial charge in [-0.2, -0.15) is 0 Å². The predicted molar refractivity (Wildman–Crippen MR) is 107 cm³/mol. The largest absolute Gasteiger partial charge is 0.415 e. The minimum atomic E-state index is -0.424. The van der Waals surface area contributed by atoms with E-state index < -0.39 is 6.09 Å². The molecule has 3 rings (SSSR count). The zero-order valence-electron chi connectivity index (χ0n) is 15.4. The van der Waals surface area contributed by atoms with Gasteiger partial charge >= 0.3 is 6.09 Å². The summed E-state index contributed by atoms with van der Waals surface area (Å²) in [5.74, 6) is 0.0876. The number of nitrogens with one attached hydrogen (secondary N) is 1. The monoisotopic (exact) mass is 362 g/mol. The zero-order valence-corrected chi connectivity index (χ0v) is 15.4. The highest BCUT2D eigenvalue weighted by Gasteiger charge is 2.14. The summed E-state index contributed by atoms with van der Waals surface area (Å²) in [6.07, 6.45) is -0.424. The number of benzene rings is 3. The van der Waals surface area contributed by atoms with E-state index >= 15 is 0 Å². The van der Waals surface area contributed by atoms with Gasteiger partial charge in [0.15, 0.2) is 0 Å². The molecule has 0 spiro atoms. The Bertz CT molecular complexity index is 959. The van der Waals surface area contributed by atoms with Gasteiger partial charge in [0.25, 0.3) is 5.91 Å². The van der Waals surface area contributed by atoms with Crippen LogP contribution in [0.4, 0.5) is 10.5 Å². The first-order chi connectivity index (χ1) is 13.1. The summed E-state index contributed by atoms with van der Waals surface area (Å²) in [6, 6.07) is 20.2. The van der Waals surface area contributed by atoms with Crippen LogP contribution in [0.15, 0.2) is 66.7 Å². The van der Waals surface area contributed by atoms with Gasteiger partial charge in [0.2, 0.25) is 0 Å². The Morgan fingerprint density at radius 1 is 0.926 bits per heavy atom. The van der Waals surface area contributed by atoms with Crippen LogP contribution in [0.3, 0.4) is 0 Å². The van der Waals surface area contributed by atoms with Crippen molar-refractivity contribution in [3.8, 4) is 5.75 Å². The minimum Gasteiger partial charge on any atom is -0.410 e. The molecule has 0 saturated heterocycles. The van der Waals surface area contributed by atoms with Crippen molar-refractivity contribution in [2.24, 2.45) is 0 Å². The SMILES string of the molecule is CCN(CC)C(=O)Oc1cccc(C(=O)Nc2cccc3ccccc23)c1. The summed E-state index contributed by atoms with van der Waals surface area (Å²) >= 11 is 0. The Hall–Kier alpha value is -3.34. The van der Waals surface area contributed by atoms with E-state index in [-0.39, 0.29) is 5.91 Å². The molecule has 0 aliphatic heterocycles. The average Bonchev–Trinajstić information content (AvgIpc) is 2.69. The first kappa shape index (κ1) is 18.5. The predicted octanol–water partition coefficient (Wildman–Crippen LogP) is 4.93. The van der Waals surface area contributed by atoms with Crippen LogP contribution in [0.25, 0.3) is 10.8 Å². The van der Waals surface area contributed by atoms with E-state index in [1.54, 1.807) is 29.2 Å². The molecule has 0 atom stereocenters. The lowest BCUT2D eigenvalue weighted by atomic mass is 10.1. The minimum absolute atomic E-state index is 0.257.